The predicted octanol–water partition coefficient (Wildman–Crippen LogP) is 0.146. The van der Waals surface area contributed by atoms with Crippen LogP contribution in [-0.4, -0.2) is 60.3 Å². The first-order chi connectivity index (χ1) is 6.18. The van der Waals surface area contributed by atoms with Crippen LogP contribution in [0, 0.1) is 0 Å². The van der Waals surface area contributed by atoms with Crippen LogP contribution in [0.1, 0.15) is 19.3 Å². The van der Waals surface area contributed by atoms with Gasteiger partial charge < -0.3 is 10.0 Å². The number of hydrogen-bond acceptors (Lipinski definition) is 3. The van der Waals surface area contributed by atoms with Gasteiger partial charge in [0.25, 0.3) is 0 Å². The Kier molecular flexibility index (Phi) is 2.58. The highest BCUT2D eigenvalue weighted by molar-refractivity contribution is 4.95. The third kappa shape index (κ3) is 1.73. The first kappa shape index (κ1) is 9.44. The Bertz CT molecular complexity index is 178. The zero-order valence-corrected chi connectivity index (χ0v) is 8.61. The molecule has 0 unspecified atom stereocenters. The number of likely N-dealkylation sites (N-methyl/N-ethyl adjacent to an activating group) is 1. The van der Waals surface area contributed by atoms with Gasteiger partial charge in [0.1, 0.15) is 0 Å². The Labute approximate surface area is 80.3 Å². The number of aliphatic hydroxyl groups is 1. The summed E-state index contributed by atoms with van der Waals surface area (Å²) in [6.45, 7) is 2.30. The summed E-state index contributed by atoms with van der Waals surface area (Å²) in [5, 5.41) is 9.69. The summed E-state index contributed by atoms with van der Waals surface area (Å²) in [5.74, 6) is 0. The molecule has 1 saturated carbocycles. The molecule has 0 aromatic heterocycles. The summed E-state index contributed by atoms with van der Waals surface area (Å²) in [6.07, 6.45) is 3.35. The maximum Gasteiger partial charge on any atom is 0.0695 e. The molecule has 0 amide bonds. The van der Waals surface area contributed by atoms with Crippen molar-refractivity contribution in [2.24, 2.45) is 0 Å². The fourth-order valence-corrected chi connectivity index (χ4v) is 2.43. The quantitative estimate of drug-likeness (QED) is 0.661. The molecule has 2 aliphatic rings. The zero-order chi connectivity index (χ0) is 9.42. The van der Waals surface area contributed by atoms with Crippen molar-refractivity contribution in [2.45, 2.75) is 37.5 Å². The Balaban J connectivity index is 1.79. The molecule has 1 saturated heterocycles. The second-order valence-electron chi connectivity index (χ2n) is 4.64. The Morgan fingerprint density at radius 2 is 1.92 bits per heavy atom. The van der Waals surface area contributed by atoms with Crippen LogP contribution < -0.4 is 0 Å². The molecule has 0 aromatic rings. The molecule has 1 heterocycles. The van der Waals surface area contributed by atoms with Gasteiger partial charge in [-0.15, -0.1) is 0 Å². The lowest BCUT2D eigenvalue weighted by Gasteiger charge is -2.46. The lowest BCUT2D eigenvalue weighted by atomic mass is 10.0. The summed E-state index contributed by atoms with van der Waals surface area (Å²) in [6, 6.07) is 1.18. The summed E-state index contributed by atoms with van der Waals surface area (Å²) in [4.78, 5) is 4.71. The maximum atomic E-state index is 9.69. The number of likely N-dealkylation sites (tertiary alicyclic amines) is 1. The van der Waals surface area contributed by atoms with Crippen LogP contribution in [0.25, 0.3) is 0 Å². The fraction of sp³-hybridized carbons (Fsp3) is 1.00. The van der Waals surface area contributed by atoms with Crippen molar-refractivity contribution in [3.05, 3.63) is 0 Å². The van der Waals surface area contributed by atoms with E-state index in [4.69, 9.17) is 0 Å². The molecular weight excluding hydrogens is 164 g/mol. The minimum absolute atomic E-state index is 0.0527. The molecule has 2 fully saturated rings. The van der Waals surface area contributed by atoms with Crippen LogP contribution in [0.3, 0.4) is 0 Å². The molecule has 0 bridgehead atoms. The van der Waals surface area contributed by atoms with Crippen molar-refractivity contribution in [3.8, 4) is 0 Å². The molecule has 0 aromatic carbocycles. The van der Waals surface area contributed by atoms with E-state index < -0.39 is 0 Å². The number of hydrogen-bond donors (Lipinski definition) is 1. The first-order valence-electron chi connectivity index (χ1n) is 5.27. The van der Waals surface area contributed by atoms with Gasteiger partial charge in [-0.25, -0.2) is 0 Å². The average molecular weight is 184 g/mol. The molecule has 1 aliphatic carbocycles. The van der Waals surface area contributed by atoms with Crippen LogP contribution in [-0.2, 0) is 0 Å². The molecule has 76 valence electrons. The van der Waals surface area contributed by atoms with E-state index in [1.807, 2.05) is 0 Å². The third-order valence-electron chi connectivity index (χ3n) is 3.53. The second kappa shape index (κ2) is 3.56. The lowest BCUT2D eigenvalue weighted by Crippen LogP contribution is -2.61. The van der Waals surface area contributed by atoms with Crippen molar-refractivity contribution in [1.29, 1.82) is 0 Å². The van der Waals surface area contributed by atoms with Crippen molar-refractivity contribution in [2.75, 3.05) is 27.2 Å². The molecule has 13 heavy (non-hydrogen) atoms. The van der Waals surface area contributed by atoms with Crippen molar-refractivity contribution < 1.29 is 5.11 Å². The smallest absolute Gasteiger partial charge is 0.0695 e. The van der Waals surface area contributed by atoms with Crippen LogP contribution in [0.15, 0.2) is 0 Å². The zero-order valence-electron chi connectivity index (χ0n) is 8.61. The van der Waals surface area contributed by atoms with Crippen molar-refractivity contribution in [1.82, 2.24) is 9.80 Å². The average Bonchev–Trinajstić information content (AvgIpc) is 2.32. The number of rotatable bonds is 2. The second-order valence-corrected chi connectivity index (χ2v) is 4.64. The van der Waals surface area contributed by atoms with Gasteiger partial charge in [0.15, 0.2) is 0 Å². The number of aliphatic hydroxyl groups excluding tert-OH is 1. The molecule has 2 rings (SSSR count). The van der Waals surface area contributed by atoms with Gasteiger partial charge in [-0.2, -0.15) is 0 Å². The standard InChI is InChI=1S/C10H20N2O/c1-11(2)8-6-12(7-8)9-4-3-5-10(9)13/h8-10,13H,3-7H2,1-2H3/t9-,10-/m0/s1. The molecule has 0 spiro atoms. The summed E-state index contributed by atoms with van der Waals surface area (Å²) in [7, 11) is 4.26. The topological polar surface area (TPSA) is 26.7 Å². The summed E-state index contributed by atoms with van der Waals surface area (Å²) >= 11 is 0. The molecule has 1 aliphatic heterocycles. The van der Waals surface area contributed by atoms with E-state index in [9.17, 15) is 5.11 Å². The Morgan fingerprint density at radius 1 is 1.23 bits per heavy atom. The van der Waals surface area contributed by atoms with Crippen molar-refractivity contribution in [3.63, 3.8) is 0 Å². The van der Waals surface area contributed by atoms with Crippen LogP contribution in [0.4, 0.5) is 0 Å². The van der Waals surface area contributed by atoms with E-state index in [0.717, 1.165) is 19.5 Å². The van der Waals surface area contributed by atoms with Crippen LogP contribution >= 0.6 is 0 Å². The number of nitrogens with zero attached hydrogens (tertiary/aromatic N) is 2. The first-order valence-corrected chi connectivity index (χ1v) is 5.27. The SMILES string of the molecule is CN(C)C1CN([C@H]2CCC[C@@H]2O)C1. The molecule has 0 radical (unpaired) electrons. The molecule has 3 nitrogen and oxygen atoms in total. The largest absolute Gasteiger partial charge is 0.391 e. The highest BCUT2D eigenvalue weighted by Crippen LogP contribution is 2.28. The van der Waals surface area contributed by atoms with E-state index in [0.29, 0.717) is 12.1 Å². The highest BCUT2D eigenvalue weighted by Gasteiger charge is 2.38. The lowest BCUT2D eigenvalue weighted by molar-refractivity contribution is -0.0140. The normalized spacial score (nSPS) is 36.9. The van der Waals surface area contributed by atoms with Gasteiger partial charge in [0.05, 0.1) is 6.10 Å². The molecule has 3 heteroatoms. The highest BCUT2D eigenvalue weighted by atomic mass is 16.3. The predicted molar refractivity (Wildman–Crippen MR) is 52.7 cm³/mol. The van der Waals surface area contributed by atoms with E-state index in [1.54, 1.807) is 0 Å². The summed E-state index contributed by atoms with van der Waals surface area (Å²) < 4.78 is 0. The minimum atomic E-state index is -0.0527. The van der Waals surface area contributed by atoms with Gasteiger partial charge in [-0.3, -0.25) is 4.90 Å². The van der Waals surface area contributed by atoms with Crippen LogP contribution in [0.2, 0.25) is 0 Å². The van der Waals surface area contributed by atoms with Crippen molar-refractivity contribution >= 4 is 0 Å². The van der Waals surface area contributed by atoms with Gasteiger partial charge in [-0.05, 0) is 33.4 Å². The Morgan fingerprint density at radius 3 is 2.38 bits per heavy atom. The van der Waals surface area contributed by atoms with Gasteiger partial charge in [0, 0.05) is 25.2 Å². The molecule has 1 N–H and O–H groups in total. The fourth-order valence-electron chi connectivity index (χ4n) is 2.43. The van der Waals surface area contributed by atoms with E-state index in [-0.39, 0.29) is 6.10 Å². The van der Waals surface area contributed by atoms with E-state index in [2.05, 4.69) is 23.9 Å². The molecular formula is C10H20N2O. The van der Waals surface area contributed by atoms with Gasteiger partial charge in [-0.1, -0.05) is 0 Å². The van der Waals surface area contributed by atoms with E-state index in [1.165, 1.54) is 12.8 Å². The summed E-state index contributed by atoms with van der Waals surface area (Å²) in [5.41, 5.74) is 0. The molecule has 2 atom stereocenters. The van der Waals surface area contributed by atoms with E-state index >= 15 is 0 Å². The monoisotopic (exact) mass is 184 g/mol. The minimum Gasteiger partial charge on any atom is -0.391 e. The van der Waals surface area contributed by atoms with Crippen LogP contribution in [0.5, 0.6) is 0 Å². The van der Waals surface area contributed by atoms with Gasteiger partial charge >= 0.3 is 0 Å². The Hall–Kier alpha value is -0.120. The third-order valence-corrected chi connectivity index (χ3v) is 3.53. The maximum absolute atomic E-state index is 9.69. The van der Waals surface area contributed by atoms with Gasteiger partial charge in [0.2, 0.25) is 0 Å².